The lowest BCUT2D eigenvalue weighted by atomic mass is 10.4. The molecule has 80 valence electrons. The number of thiazole rings is 1. The third-order valence-corrected chi connectivity index (χ3v) is 2.92. The molecule has 0 radical (unpaired) electrons. The second-order valence-corrected chi connectivity index (χ2v) is 3.87. The maximum atomic E-state index is 11.6. The van der Waals surface area contributed by atoms with Gasteiger partial charge in [-0.1, -0.05) is 0 Å². The van der Waals surface area contributed by atoms with Gasteiger partial charge in [0, 0.05) is 13.2 Å². The van der Waals surface area contributed by atoms with Gasteiger partial charge in [-0.3, -0.25) is 9.36 Å². The average molecular weight is 226 g/mol. The molecule has 0 amide bonds. The number of nitrogens with zero attached hydrogens (tertiary/aromatic N) is 2. The van der Waals surface area contributed by atoms with Crippen LogP contribution in [0.15, 0.2) is 16.4 Å². The minimum atomic E-state index is -0.261. The first kappa shape index (κ1) is 10.1. The zero-order valence-corrected chi connectivity index (χ0v) is 8.95. The van der Waals surface area contributed by atoms with Gasteiger partial charge >= 0.3 is 0 Å². The fraction of sp³-hybridized carbons (Fsp3) is 0.333. The molecule has 5 nitrogen and oxygen atoms in total. The van der Waals surface area contributed by atoms with Crippen LogP contribution in [-0.2, 0) is 11.3 Å². The summed E-state index contributed by atoms with van der Waals surface area (Å²) in [5.41, 5.74) is 1.86. The summed E-state index contributed by atoms with van der Waals surface area (Å²) in [6, 6.07) is 1.20. The number of aromatic hydroxyl groups is 1. The van der Waals surface area contributed by atoms with Crippen molar-refractivity contribution in [3.63, 3.8) is 0 Å². The third-order valence-electron chi connectivity index (χ3n) is 2.08. The molecule has 2 aromatic heterocycles. The molecule has 0 spiro atoms. The van der Waals surface area contributed by atoms with Gasteiger partial charge < -0.3 is 9.84 Å². The molecule has 0 unspecified atom stereocenters. The quantitative estimate of drug-likeness (QED) is 0.841. The number of aromatic nitrogens is 2. The van der Waals surface area contributed by atoms with Gasteiger partial charge in [-0.2, -0.15) is 0 Å². The Labute approximate surface area is 89.6 Å². The molecule has 0 fully saturated rings. The van der Waals surface area contributed by atoms with E-state index in [0.29, 0.717) is 23.5 Å². The molecule has 2 aromatic rings. The lowest BCUT2D eigenvalue weighted by Crippen LogP contribution is -2.21. The van der Waals surface area contributed by atoms with E-state index < -0.39 is 0 Å². The Morgan fingerprint density at radius 1 is 1.67 bits per heavy atom. The van der Waals surface area contributed by atoms with Crippen molar-refractivity contribution >= 4 is 21.7 Å². The number of pyridine rings is 1. The Kier molecular flexibility index (Phi) is 2.70. The zero-order chi connectivity index (χ0) is 10.8. The van der Waals surface area contributed by atoms with Crippen LogP contribution in [0.2, 0.25) is 0 Å². The highest BCUT2D eigenvalue weighted by Crippen LogP contribution is 2.25. The number of methoxy groups -OCH3 is 1. The van der Waals surface area contributed by atoms with Crippen LogP contribution >= 0.6 is 11.3 Å². The van der Waals surface area contributed by atoms with Crippen LogP contribution in [-0.4, -0.2) is 28.4 Å². The first-order valence-corrected chi connectivity index (χ1v) is 5.27. The van der Waals surface area contributed by atoms with Crippen LogP contribution in [0.3, 0.4) is 0 Å². The summed E-state index contributed by atoms with van der Waals surface area (Å²) in [7, 11) is 1.57. The van der Waals surface area contributed by atoms with Crippen molar-refractivity contribution in [2.45, 2.75) is 6.54 Å². The van der Waals surface area contributed by atoms with Crippen molar-refractivity contribution < 1.29 is 9.84 Å². The molecule has 2 heterocycles. The summed E-state index contributed by atoms with van der Waals surface area (Å²) in [6.45, 7) is 0.882. The minimum absolute atomic E-state index is 0.00818. The highest BCUT2D eigenvalue weighted by atomic mass is 32.1. The Balaban J connectivity index is 2.61. The predicted octanol–water partition coefficient (Wildman–Crippen LogP) is 0.810. The van der Waals surface area contributed by atoms with E-state index in [-0.39, 0.29) is 11.3 Å². The van der Waals surface area contributed by atoms with Gasteiger partial charge in [0.2, 0.25) is 0 Å². The SMILES string of the molecule is COCCn1c(=O)cc(O)c2scnc21. The summed E-state index contributed by atoms with van der Waals surface area (Å²) in [5.74, 6) is -0.00818. The number of ether oxygens (including phenoxy) is 1. The largest absolute Gasteiger partial charge is 0.506 e. The van der Waals surface area contributed by atoms with Crippen molar-refractivity contribution in [1.82, 2.24) is 9.55 Å². The molecular weight excluding hydrogens is 216 g/mol. The van der Waals surface area contributed by atoms with Gasteiger partial charge in [0.15, 0.2) is 5.65 Å². The van der Waals surface area contributed by atoms with Gasteiger partial charge in [0.1, 0.15) is 10.4 Å². The van der Waals surface area contributed by atoms with Crippen molar-refractivity contribution in [3.8, 4) is 5.75 Å². The van der Waals surface area contributed by atoms with Crippen LogP contribution in [0, 0.1) is 0 Å². The summed E-state index contributed by atoms with van der Waals surface area (Å²) >= 11 is 1.31. The van der Waals surface area contributed by atoms with Crippen molar-refractivity contribution in [3.05, 3.63) is 21.9 Å². The van der Waals surface area contributed by atoms with Crippen molar-refractivity contribution in [1.29, 1.82) is 0 Å². The van der Waals surface area contributed by atoms with E-state index in [0.717, 1.165) is 0 Å². The normalized spacial score (nSPS) is 11.0. The summed E-state index contributed by atoms with van der Waals surface area (Å²) in [5, 5.41) is 9.52. The Bertz CT molecular complexity index is 532. The summed E-state index contributed by atoms with van der Waals surface area (Å²) < 4.78 is 7.04. The van der Waals surface area contributed by atoms with E-state index >= 15 is 0 Å². The summed E-state index contributed by atoms with van der Waals surface area (Å²) in [6.07, 6.45) is 0. The Morgan fingerprint density at radius 3 is 3.20 bits per heavy atom. The van der Waals surface area contributed by atoms with E-state index in [1.165, 1.54) is 22.0 Å². The number of fused-ring (bicyclic) bond motifs is 1. The minimum Gasteiger partial charge on any atom is -0.506 e. The smallest absolute Gasteiger partial charge is 0.256 e. The molecule has 0 aromatic carbocycles. The molecular formula is C9H10N2O3S. The maximum absolute atomic E-state index is 11.6. The maximum Gasteiger partial charge on any atom is 0.256 e. The lowest BCUT2D eigenvalue weighted by Gasteiger charge is -2.05. The van der Waals surface area contributed by atoms with E-state index in [2.05, 4.69) is 4.98 Å². The molecule has 0 bridgehead atoms. The van der Waals surface area contributed by atoms with E-state index in [1.807, 2.05) is 0 Å². The predicted molar refractivity (Wildman–Crippen MR) is 57.4 cm³/mol. The first-order chi connectivity index (χ1) is 7.24. The molecule has 2 rings (SSSR count). The molecule has 0 aliphatic heterocycles. The van der Waals surface area contributed by atoms with Gasteiger partial charge in [-0.15, -0.1) is 11.3 Å². The zero-order valence-electron chi connectivity index (χ0n) is 8.14. The third kappa shape index (κ3) is 1.73. The van der Waals surface area contributed by atoms with Gasteiger partial charge in [0.25, 0.3) is 5.56 Å². The molecule has 0 atom stereocenters. The standard InChI is InChI=1S/C9H10N2O3S/c1-14-3-2-11-7(13)4-6(12)8-9(11)10-5-15-8/h4-5,12H,2-3H2,1H3. The van der Waals surface area contributed by atoms with Gasteiger partial charge in [-0.25, -0.2) is 4.98 Å². The van der Waals surface area contributed by atoms with Crippen molar-refractivity contribution in [2.24, 2.45) is 0 Å². The Morgan fingerprint density at radius 2 is 2.47 bits per heavy atom. The van der Waals surface area contributed by atoms with Crippen LogP contribution in [0.4, 0.5) is 0 Å². The average Bonchev–Trinajstić information content (AvgIpc) is 2.66. The highest BCUT2D eigenvalue weighted by molar-refractivity contribution is 7.17. The molecule has 15 heavy (non-hydrogen) atoms. The number of rotatable bonds is 3. The summed E-state index contributed by atoms with van der Waals surface area (Å²) in [4.78, 5) is 15.6. The fourth-order valence-electron chi connectivity index (χ4n) is 1.37. The van der Waals surface area contributed by atoms with E-state index in [1.54, 1.807) is 12.6 Å². The van der Waals surface area contributed by atoms with Gasteiger partial charge in [-0.05, 0) is 0 Å². The van der Waals surface area contributed by atoms with Crippen LogP contribution < -0.4 is 5.56 Å². The van der Waals surface area contributed by atoms with Crippen LogP contribution in [0.25, 0.3) is 10.3 Å². The Hall–Kier alpha value is -1.40. The molecule has 6 heteroatoms. The highest BCUT2D eigenvalue weighted by Gasteiger charge is 2.09. The topological polar surface area (TPSA) is 64.3 Å². The molecule has 0 aliphatic rings. The van der Waals surface area contributed by atoms with Crippen LogP contribution in [0.5, 0.6) is 5.75 Å². The molecule has 0 aliphatic carbocycles. The fourth-order valence-corrected chi connectivity index (χ4v) is 2.08. The van der Waals surface area contributed by atoms with Crippen LogP contribution in [0.1, 0.15) is 0 Å². The second kappa shape index (κ2) is 4.00. The van der Waals surface area contributed by atoms with E-state index in [9.17, 15) is 9.90 Å². The number of hydrogen-bond donors (Lipinski definition) is 1. The van der Waals surface area contributed by atoms with Gasteiger partial charge in [0.05, 0.1) is 18.7 Å². The second-order valence-electron chi connectivity index (χ2n) is 3.02. The first-order valence-electron chi connectivity index (χ1n) is 4.39. The molecule has 0 saturated heterocycles. The molecule has 1 N–H and O–H groups in total. The lowest BCUT2D eigenvalue weighted by molar-refractivity contribution is 0.187. The monoisotopic (exact) mass is 226 g/mol. The van der Waals surface area contributed by atoms with E-state index in [4.69, 9.17) is 4.74 Å². The van der Waals surface area contributed by atoms with Crippen molar-refractivity contribution in [2.75, 3.05) is 13.7 Å². The molecule has 0 saturated carbocycles. The number of hydrogen-bond acceptors (Lipinski definition) is 5.